The summed E-state index contributed by atoms with van der Waals surface area (Å²) in [6, 6.07) is 0. The Bertz CT molecular complexity index is 380. The Labute approximate surface area is 103 Å². The van der Waals surface area contributed by atoms with Crippen molar-refractivity contribution in [2.24, 2.45) is 0 Å². The first-order valence-corrected chi connectivity index (χ1v) is 9.18. The molecule has 0 aromatic carbocycles. The summed E-state index contributed by atoms with van der Waals surface area (Å²) in [6.45, 7) is 5.23. The lowest BCUT2D eigenvalue weighted by molar-refractivity contribution is 0.602. The molecule has 16 heavy (non-hydrogen) atoms. The van der Waals surface area contributed by atoms with Crippen LogP contribution in [0.25, 0.3) is 0 Å². The van der Waals surface area contributed by atoms with Crippen molar-refractivity contribution in [3.8, 4) is 0 Å². The first-order valence-electron chi connectivity index (χ1n) is 4.65. The summed E-state index contributed by atoms with van der Waals surface area (Å²) in [5.41, 5.74) is 0. The van der Waals surface area contributed by atoms with Crippen molar-refractivity contribution in [1.82, 2.24) is 0 Å². The molecule has 0 radical (unpaired) electrons. The van der Waals surface area contributed by atoms with Gasteiger partial charge in [-0.15, -0.1) is 6.58 Å². The van der Waals surface area contributed by atoms with Crippen LogP contribution in [-0.4, -0.2) is 29.9 Å². The van der Waals surface area contributed by atoms with E-state index in [9.17, 15) is 12.6 Å². The van der Waals surface area contributed by atoms with Crippen LogP contribution in [0.15, 0.2) is 36.3 Å². The molecule has 92 valence electrons. The molecular formula is C10H16O3S3. The van der Waals surface area contributed by atoms with Crippen LogP contribution in [0.1, 0.15) is 6.92 Å². The molecule has 0 bridgehead atoms. The van der Waals surface area contributed by atoms with Crippen LogP contribution in [0.3, 0.4) is 0 Å². The van der Waals surface area contributed by atoms with E-state index in [1.165, 1.54) is 12.2 Å². The Morgan fingerprint density at radius 1 is 1.31 bits per heavy atom. The largest absolute Gasteiger partial charge is 0.247 e. The molecule has 0 heterocycles. The molecule has 0 aliphatic rings. The standard InChI is InChI=1S/C10H16O3S3/c1-3-5-8-15(11)14-7-6-10-16(12,13)9-4-2/h3-7H,2,8-10H2,1H3/b5-3+,7-6+. The van der Waals surface area contributed by atoms with Crippen molar-refractivity contribution in [3.63, 3.8) is 0 Å². The highest BCUT2D eigenvalue weighted by Gasteiger charge is 2.04. The summed E-state index contributed by atoms with van der Waals surface area (Å²) in [5, 5.41) is 1.57. The van der Waals surface area contributed by atoms with Gasteiger partial charge < -0.3 is 0 Å². The third-order valence-corrected chi connectivity index (χ3v) is 5.26. The Morgan fingerprint density at radius 3 is 2.56 bits per heavy atom. The highest BCUT2D eigenvalue weighted by atomic mass is 33.1. The van der Waals surface area contributed by atoms with Crippen LogP contribution in [0, 0.1) is 0 Å². The van der Waals surface area contributed by atoms with E-state index >= 15 is 0 Å². The zero-order chi connectivity index (χ0) is 12.4. The molecule has 0 aliphatic heterocycles. The minimum atomic E-state index is -3.08. The van der Waals surface area contributed by atoms with Crippen LogP contribution >= 0.6 is 10.8 Å². The molecule has 0 aromatic heterocycles. The number of rotatable bonds is 8. The van der Waals surface area contributed by atoms with Crippen molar-refractivity contribution in [2.45, 2.75) is 6.92 Å². The second-order valence-electron chi connectivity index (χ2n) is 2.87. The lowest BCUT2D eigenvalue weighted by Gasteiger charge is -1.95. The van der Waals surface area contributed by atoms with Gasteiger partial charge in [0.2, 0.25) is 0 Å². The molecule has 0 saturated heterocycles. The smallest absolute Gasteiger partial charge is 0.157 e. The fourth-order valence-corrected chi connectivity index (χ4v) is 3.56. The highest BCUT2D eigenvalue weighted by molar-refractivity contribution is 8.70. The molecule has 0 fully saturated rings. The van der Waals surface area contributed by atoms with Gasteiger partial charge in [0.15, 0.2) is 9.84 Å². The summed E-state index contributed by atoms with van der Waals surface area (Å²) in [7, 11) is -2.98. The first-order chi connectivity index (χ1) is 7.52. The van der Waals surface area contributed by atoms with E-state index in [1.807, 2.05) is 19.1 Å². The minimum Gasteiger partial charge on any atom is -0.247 e. The average Bonchev–Trinajstić information content (AvgIpc) is 2.21. The van der Waals surface area contributed by atoms with Crippen molar-refractivity contribution >= 4 is 30.5 Å². The lowest BCUT2D eigenvalue weighted by atomic mass is 10.6. The van der Waals surface area contributed by atoms with Crippen LogP contribution in [0.4, 0.5) is 0 Å². The molecule has 0 aliphatic carbocycles. The van der Waals surface area contributed by atoms with Gasteiger partial charge in [-0.2, -0.15) is 0 Å². The molecular weight excluding hydrogens is 264 g/mol. The number of sulfone groups is 1. The second kappa shape index (κ2) is 8.78. The molecule has 0 rings (SSSR count). The van der Waals surface area contributed by atoms with Gasteiger partial charge in [-0.25, -0.2) is 12.6 Å². The molecule has 0 saturated carbocycles. The first kappa shape index (κ1) is 15.7. The van der Waals surface area contributed by atoms with Gasteiger partial charge in [0.05, 0.1) is 27.1 Å². The zero-order valence-corrected chi connectivity index (χ0v) is 11.6. The predicted molar refractivity (Wildman–Crippen MR) is 73.4 cm³/mol. The SMILES string of the molecule is C=CCS(=O)(=O)C/C=C/SS(=O)C/C=C/C. The van der Waals surface area contributed by atoms with Crippen LogP contribution in [0.5, 0.6) is 0 Å². The summed E-state index contributed by atoms with van der Waals surface area (Å²) in [6.07, 6.45) is 6.51. The highest BCUT2D eigenvalue weighted by Crippen LogP contribution is 2.09. The topological polar surface area (TPSA) is 51.2 Å². The zero-order valence-electron chi connectivity index (χ0n) is 9.16. The monoisotopic (exact) mass is 280 g/mol. The Balaban J connectivity index is 3.94. The molecule has 0 amide bonds. The van der Waals surface area contributed by atoms with Gasteiger partial charge in [0.1, 0.15) is 0 Å². The maximum absolute atomic E-state index is 11.3. The molecule has 6 heteroatoms. The summed E-state index contributed by atoms with van der Waals surface area (Å²) >= 11 is 0. The summed E-state index contributed by atoms with van der Waals surface area (Å²) < 4.78 is 33.7. The molecule has 0 N–H and O–H groups in total. The van der Waals surface area contributed by atoms with Crippen molar-refractivity contribution < 1.29 is 12.6 Å². The Morgan fingerprint density at radius 2 is 2.00 bits per heavy atom. The van der Waals surface area contributed by atoms with Crippen molar-refractivity contribution in [1.29, 1.82) is 0 Å². The van der Waals surface area contributed by atoms with E-state index in [4.69, 9.17) is 0 Å². The maximum Gasteiger partial charge on any atom is 0.157 e. The fraction of sp³-hybridized carbons (Fsp3) is 0.400. The van der Waals surface area contributed by atoms with E-state index in [-0.39, 0.29) is 11.5 Å². The van der Waals surface area contributed by atoms with Gasteiger partial charge in [-0.3, -0.25) is 0 Å². The van der Waals surface area contributed by atoms with Crippen molar-refractivity contribution in [3.05, 3.63) is 36.3 Å². The van der Waals surface area contributed by atoms with Gasteiger partial charge in [0.25, 0.3) is 0 Å². The van der Waals surface area contributed by atoms with Gasteiger partial charge in [-0.05, 0) is 23.1 Å². The van der Waals surface area contributed by atoms with Gasteiger partial charge in [-0.1, -0.05) is 24.3 Å². The van der Waals surface area contributed by atoms with E-state index in [2.05, 4.69) is 6.58 Å². The Kier molecular flexibility index (Phi) is 8.60. The molecule has 0 spiro atoms. The number of hydrogen-bond acceptors (Lipinski definition) is 4. The average molecular weight is 280 g/mol. The second-order valence-corrected chi connectivity index (χ2v) is 8.12. The van der Waals surface area contributed by atoms with Crippen LogP contribution in [0.2, 0.25) is 0 Å². The number of hydrogen-bond donors (Lipinski definition) is 0. The van der Waals surface area contributed by atoms with E-state index in [0.29, 0.717) is 5.75 Å². The Hall–Kier alpha value is -0.330. The lowest BCUT2D eigenvalue weighted by Crippen LogP contribution is -2.06. The summed E-state index contributed by atoms with van der Waals surface area (Å²) in [5.74, 6) is 0.418. The molecule has 3 nitrogen and oxygen atoms in total. The third kappa shape index (κ3) is 8.94. The van der Waals surface area contributed by atoms with Gasteiger partial charge in [0, 0.05) is 0 Å². The molecule has 1 atom stereocenters. The quantitative estimate of drug-likeness (QED) is 0.504. The predicted octanol–water partition coefficient (Wildman–Crippen LogP) is 2.07. The van der Waals surface area contributed by atoms with Crippen LogP contribution in [-0.2, 0) is 19.7 Å². The van der Waals surface area contributed by atoms with E-state index in [0.717, 1.165) is 10.8 Å². The van der Waals surface area contributed by atoms with E-state index < -0.39 is 19.7 Å². The molecule has 0 aromatic rings. The van der Waals surface area contributed by atoms with Crippen LogP contribution < -0.4 is 0 Å². The maximum atomic E-state index is 11.3. The van der Waals surface area contributed by atoms with E-state index in [1.54, 1.807) is 5.41 Å². The number of allylic oxidation sites excluding steroid dienone is 1. The van der Waals surface area contributed by atoms with Gasteiger partial charge >= 0.3 is 0 Å². The normalized spacial score (nSPS) is 14.6. The minimum absolute atomic E-state index is 0.0241. The molecule has 1 unspecified atom stereocenters. The third-order valence-electron chi connectivity index (χ3n) is 1.45. The summed E-state index contributed by atoms with van der Waals surface area (Å²) in [4.78, 5) is 0. The van der Waals surface area contributed by atoms with Crippen molar-refractivity contribution in [2.75, 3.05) is 17.3 Å². The fourth-order valence-electron chi connectivity index (χ4n) is 0.749.